The van der Waals surface area contributed by atoms with Gasteiger partial charge in [0.05, 0.1) is 12.2 Å². The Morgan fingerprint density at radius 1 is 1.13 bits per heavy atom. The number of piperazine rings is 1. The Labute approximate surface area is 182 Å². The fourth-order valence-corrected chi connectivity index (χ4v) is 3.73. The molecule has 0 atom stereocenters. The van der Waals surface area contributed by atoms with E-state index in [4.69, 9.17) is 11.6 Å². The van der Waals surface area contributed by atoms with Crippen molar-refractivity contribution in [2.75, 3.05) is 44.7 Å². The highest BCUT2D eigenvalue weighted by Crippen LogP contribution is 2.19. The Morgan fingerprint density at radius 2 is 1.80 bits per heavy atom. The number of anilines is 1. The van der Waals surface area contributed by atoms with Gasteiger partial charge in [0.15, 0.2) is 5.96 Å². The predicted octanol–water partition coefficient (Wildman–Crippen LogP) is 1.70. The number of nitrogens with one attached hydrogen (secondary N) is 2. The van der Waals surface area contributed by atoms with E-state index in [0.717, 1.165) is 40.8 Å². The number of carbonyl (C=O) groups is 1. The number of benzene rings is 1. The molecule has 1 fully saturated rings. The third kappa shape index (κ3) is 5.24. The van der Waals surface area contributed by atoms with Crippen molar-refractivity contribution in [1.29, 1.82) is 0 Å². The first-order valence-electron chi connectivity index (χ1n) is 10.1. The summed E-state index contributed by atoms with van der Waals surface area (Å²) in [5.74, 6) is 0.674. The molecule has 0 bridgehead atoms. The number of halogens is 1. The summed E-state index contributed by atoms with van der Waals surface area (Å²) in [7, 11) is 3.64. The largest absolute Gasteiger partial charge is 0.368 e. The van der Waals surface area contributed by atoms with Gasteiger partial charge in [-0.3, -0.25) is 14.5 Å². The summed E-state index contributed by atoms with van der Waals surface area (Å²) < 4.78 is 1.87. The highest BCUT2D eigenvalue weighted by Gasteiger charge is 2.21. The maximum atomic E-state index is 12.6. The second-order valence-corrected chi connectivity index (χ2v) is 7.83. The summed E-state index contributed by atoms with van der Waals surface area (Å²) in [5, 5.41) is 11.5. The Hall–Kier alpha value is -2.74. The molecular formula is C21H30ClN7O. The quantitative estimate of drug-likeness (QED) is 0.556. The topological polar surface area (TPSA) is 77.8 Å². The predicted molar refractivity (Wildman–Crippen MR) is 121 cm³/mol. The molecule has 2 aromatic rings. The Balaban J connectivity index is 1.45. The van der Waals surface area contributed by atoms with E-state index in [2.05, 4.69) is 25.6 Å². The molecule has 8 nitrogen and oxygen atoms in total. The zero-order chi connectivity index (χ0) is 21.7. The fourth-order valence-electron chi connectivity index (χ4n) is 3.60. The van der Waals surface area contributed by atoms with Crippen molar-refractivity contribution >= 4 is 29.2 Å². The summed E-state index contributed by atoms with van der Waals surface area (Å²) >= 11 is 5.96. The maximum absolute atomic E-state index is 12.6. The highest BCUT2D eigenvalue weighted by atomic mass is 35.5. The van der Waals surface area contributed by atoms with E-state index >= 15 is 0 Å². The van der Waals surface area contributed by atoms with Crippen LogP contribution in [-0.4, -0.2) is 66.3 Å². The van der Waals surface area contributed by atoms with Gasteiger partial charge in [-0.15, -0.1) is 0 Å². The fraction of sp³-hybridized carbons (Fsp3) is 0.476. The third-order valence-corrected chi connectivity index (χ3v) is 5.80. The van der Waals surface area contributed by atoms with Gasteiger partial charge in [-0.2, -0.15) is 5.10 Å². The van der Waals surface area contributed by atoms with Crippen LogP contribution in [0.2, 0.25) is 5.02 Å². The molecule has 1 aliphatic heterocycles. The third-order valence-electron chi connectivity index (χ3n) is 5.55. The van der Waals surface area contributed by atoms with E-state index in [0.29, 0.717) is 25.6 Å². The maximum Gasteiger partial charge on any atom is 0.242 e. The average molecular weight is 432 g/mol. The monoisotopic (exact) mass is 431 g/mol. The zero-order valence-electron chi connectivity index (χ0n) is 18.1. The Kier molecular flexibility index (Phi) is 7.20. The van der Waals surface area contributed by atoms with Crippen molar-refractivity contribution < 1.29 is 4.79 Å². The van der Waals surface area contributed by atoms with Crippen LogP contribution >= 0.6 is 11.6 Å². The second-order valence-electron chi connectivity index (χ2n) is 7.40. The molecule has 30 heavy (non-hydrogen) atoms. The number of hydrogen-bond donors (Lipinski definition) is 2. The van der Waals surface area contributed by atoms with Crippen LogP contribution in [0.15, 0.2) is 29.3 Å². The van der Waals surface area contributed by atoms with E-state index in [1.165, 1.54) is 0 Å². The number of hydrogen-bond acceptors (Lipinski definition) is 4. The van der Waals surface area contributed by atoms with Crippen LogP contribution in [0.25, 0.3) is 0 Å². The molecule has 1 aromatic carbocycles. The van der Waals surface area contributed by atoms with Crippen molar-refractivity contribution in [3.05, 3.63) is 46.2 Å². The molecule has 1 aromatic heterocycles. The minimum atomic E-state index is 0.0717. The Bertz CT molecular complexity index is 899. The average Bonchev–Trinajstić information content (AvgIpc) is 3.00. The summed E-state index contributed by atoms with van der Waals surface area (Å²) in [6.07, 6.45) is 0. The lowest BCUT2D eigenvalue weighted by atomic mass is 10.2. The molecular weight excluding hydrogens is 402 g/mol. The van der Waals surface area contributed by atoms with Crippen LogP contribution in [0.3, 0.4) is 0 Å². The molecule has 0 spiro atoms. The number of carbonyl (C=O) groups excluding carboxylic acids is 1. The molecule has 1 saturated heterocycles. The summed E-state index contributed by atoms with van der Waals surface area (Å²) in [5.41, 5.74) is 4.39. The first-order valence-corrected chi connectivity index (χ1v) is 10.5. The minimum absolute atomic E-state index is 0.0717. The van der Waals surface area contributed by atoms with E-state index in [1.54, 1.807) is 7.05 Å². The van der Waals surface area contributed by atoms with Crippen LogP contribution < -0.4 is 15.5 Å². The van der Waals surface area contributed by atoms with E-state index < -0.39 is 0 Å². The van der Waals surface area contributed by atoms with Crippen molar-refractivity contribution in [3.63, 3.8) is 0 Å². The lowest BCUT2D eigenvalue weighted by Crippen LogP contribution is -2.52. The van der Waals surface area contributed by atoms with Crippen molar-refractivity contribution in [2.45, 2.75) is 20.4 Å². The van der Waals surface area contributed by atoms with Gasteiger partial charge in [0, 0.05) is 68.8 Å². The van der Waals surface area contributed by atoms with E-state index in [1.807, 2.05) is 54.7 Å². The van der Waals surface area contributed by atoms with Crippen LogP contribution in [-0.2, 0) is 18.4 Å². The number of nitrogens with zero attached hydrogens (tertiary/aromatic N) is 5. The van der Waals surface area contributed by atoms with Gasteiger partial charge in [-0.1, -0.05) is 11.6 Å². The summed E-state index contributed by atoms with van der Waals surface area (Å²) in [6, 6.07) is 7.82. The number of amides is 1. The lowest BCUT2D eigenvalue weighted by molar-refractivity contribution is -0.130. The molecule has 2 N–H and O–H groups in total. The molecule has 0 aliphatic carbocycles. The van der Waals surface area contributed by atoms with E-state index in [9.17, 15) is 4.79 Å². The molecule has 2 heterocycles. The van der Waals surface area contributed by atoms with Gasteiger partial charge >= 0.3 is 0 Å². The first kappa shape index (κ1) is 22.0. The van der Waals surface area contributed by atoms with Crippen LogP contribution in [0.5, 0.6) is 0 Å². The minimum Gasteiger partial charge on any atom is -0.368 e. The van der Waals surface area contributed by atoms with Crippen LogP contribution in [0, 0.1) is 13.8 Å². The summed E-state index contributed by atoms with van der Waals surface area (Å²) in [4.78, 5) is 21.0. The zero-order valence-corrected chi connectivity index (χ0v) is 18.8. The summed E-state index contributed by atoms with van der Waals surface area (Å²) in [6.45, 7) is 7.87. The van der Waals surface area contributed by atoms with Gasteiger partial charge in [0.1, 0.15) is 0 Å². The Morgan fingerprint density at radius 3 is 2.37 bits per heavy atom. The van der Waals surface area contributed by atoms with Gasteiger partial charge in [-0.05, 0) is 38.1 Å². The number of aliphatic imine (C=N–C) groups is 1. The molecule has 0 radical (unpaired) electrons. The smallest absolute Gasteiger partial charge is 0.242 e. The van der Waals surface area contributed by atoms with Gasteiger partial charge < -0.3 is 20.4 Å². The molecule has 0 saturated carbocycles. The van der Waals surface area contributed by atoms with Crippen molar-refractivity contribution in [3.8, 4) is 0 Å². The van der Waals surface area contributed by atoms with Crippen molar-refractivity contribution in [1.82, 2.24) is 25.3 Å². The van der Waals surface area contributed by atoms with Crippen molar-refractivity contribution in [2.24, 2.45) is 12.0 Å². The second kappa shape index (κ2) is 9.84. The molecule has 9 heteroatoms. The highest BCUT2D eigenvalue weighted by molar-refractivity contribution is 6.30. The molecule has 1 amide bonds. The lowest BCUT2D eigenvalue weighted by Gasteiger charge is -2.36. The SMILES string of the molecule is CN=C(NCC(=O)N1CCN(c2ccc(Cl)cc2)CC1)NCc1c(C)nn(C)c1C. The number of rotatable bonds is 5. The number of guanidine groups is 1. The van der Waals surface area contributed by atoms with E-state index in [-0.39, 0.29) is 12.5 Å². The normalized spacial score (nSPS) is 14.8. The van der Waals surface area contributed by atoms with Gasteiger partial charge in [-0.25, -0.2) is 0 Å². The first-order chi connectivity index (χ1) is 14.4. The van der Waals surface area contributed by atoms with Crippen LogP contribution in [0.4, 0.5) is 5.69 Å². The molecule has 0 unspecified atom stereocenters. The van der Waals surface area contributed by atoms with Crippen LogP contribution in [0.1, 0.15) is 17.0 Å². The molecule has 162 valence electrons. The van der Waals surface area contributed by atoms with Gasteiger partial charge in [0.25, 0.3) is 0 Å². The van der Waals surface area contributed by atoms with Gasteiger partial charge in [0.2, 0.25) is 5.91 Å². The standard InChI is InChI=1S/C21H30ClN7O/c1-15-19(16(2)27(4)26-15)13-24-21(23-3)25-14-20(30)29-11-9-28(10-12-29)18-7-5-17(22)6-8-18/h5-8H,9-14H2,1-4H3,(H2,23,24,25). The number of aryl methyl sites for hydroxylation is 2. The number of aromatic nitrogens is 2. The molecule has 1 aliphatic rings. The molecule has 3 rings (SSSR count).